The zero-order chi connectivity index (χ0) is 26.5. The van der Waals surface area contributed by atoms with Crippen molar-refractivity contribution in [2.45, 2.75) is 59.2 Å². The third-order valence-electron chi connectivity index (χ3n) is 6.80. The number of hydrogen-bond acceptors (Lipinski definition) is 9. The average Bonchev–Trinajstić information content (AvgIpc) is 3.42. The topological polar surface area (TPSA) is 112 Å². The number of rotatable bonds is 11. The molecule has 1 fully saturated rings. The molecule has 0 amide bonds. The van der Waals surface area contributed by atoms with Gasteiger partial charge in [-0.2, -0.15) is 0 Å². The first-order valence-corrected chi connectivity index (χ1v) is 13.9. The Morgan fingerprint density at radius 3 is 2.62 bits per heavy atom. The fourth-order valence-electron chi connectivity index (χ4n) is 5.00. The van der Waals surface area contributed by atoms with E-state index in [9.17, 15) is 4.79 Å². The maximum absolute atomic E-state index is 12.4. The van der Waals surface area contributed by atoms with Gasteiger partial charge in [0.2, 0.25) is 0 Å². The van der Waals surface area contributed by atoms with E-state index in [2.05, 4.69) is 43.8 Å². The van der Waals surface area contributed by atoms with Crippen molar-refractivity contribution >= 4 is 31.5 Å². The van der Waals surface area contributed by atoms with Crippen LogP contribution in [0.25, 0.3) is 11.2 Å². The number of nitrogens with zero attached hydrogens (tertiary/aromatic N) is 4. The fraction of sp³-hybridized carbons (Fsp3) is 0.538. The molecule has 0 spiro atoms. The van der Waals surface area contributed by atoms with Crippen LogP contribution in [0, 0.1) is 17.8 Å². The minimum absolute atomic E-state index is 0.189. The Morgan fingerprint density at radius 2 is 1.92 bits per heavy atom. The monoisotopic (exact) mass is 528 g/mol. The predicted molar refractivity (Wildman–Crippen MR) is 144 cm³/mol. The van der Waals surface area contributed by atoms with Crippen molar-refractivity contribution < 1.29 is 18.6 Å². The highest BCUT2D eigenvalue weighted by Gasteiger charge is 2.41. The molecular formula is C26H37N6O4P. The van der Waals surface area contributed by atoms with E-state index < -0.39 is 14.6 Å². The molecule has 0 aliphatic heterocycles. The smallest absolute Gasteiger partial charge is 0.323 e. The van der Waals surface area contributed by atoms with Crippen molar-refractivity contribution in [3.05, 3.63) is 43.0 Å². The Balaban J connectivity index is 1.46. The van der Waals surface area contributed by atoms with E-state index in [0.717, 1.165) is 23.4 Å². The summed E-state index contributed by atoms with van der Waals surface area (Å²) in [7, 11) is 0.259. The molecule has 0 radical (unpaired) electrons. The minimum Gasteiger partial charge on any atom is -0.462 e. The lowest BCUT2D eigenvalue weighted by Gasteiger charge is -2.26. The van der Waals surface area contributed by atoms with Crippen LogP contribution in [0.15, 0.2) is 43.0 Å². The van der Waals surface area contributed by atoms with Crippen LogP contribution in [0.5, 0.6) is 5.75 Å². The normalized spacial score (nSPS) is 23.2. The number of hydrogen-bond donors (Lipinski definition) is 2. The summed E-state index contributed by atoms with van der Waals surface area (Å²) in [5.41, 5.74) is 1.61. The number of imidazole rings is 1. The molecule has 1 aliphatic rings. The number of carbonyl (C=O) groups excluding carboxylic acids is 1. The van der Waals surface area contributed by atoms with E-state index in [-0.39, 0.29) is 18.1 Å². The number of nitrogens with one attached hydrogen (secondary N) is 2. The number of benzene rings is 1. The molecule has 2 heterocycles. The van der Waals surface area contributed by atoms with Gasteiger partial charge < -0.3 is 23.7 Å². The van der Waals surface area contributed by atoms with Crippen LogP contribution in [0.3, 0.4) is 0 Å². The van der Waals surface area contributed by atoms with E-state index in [1.54, 1.807) is 13.3 Å². The number of esters is 1. The first-order valence-electron chi connectivity index (χ1n) is 12.8. The summed E-state index contributed by atoms with van der Waals surface area (Å²) in [5.74, 6) is 2.09. The summed E-state index contributed by atoms with van der Waals surface area (Å²) >= 11 is 0. The lowest BCUT2D eigenvalue weighted by Crippen LogP contribution is -2.35. The van der Waals surface area contributed by atoms with Gasteiger partial charge in [-0.15, -0.1) is 0 Å². The maximum atomic E-state index is 12.4. The van der Waals surface area contributed by atoms with Crippen LogP contribution in [0.4, 0.5) is 5.82 Å². The molecule has 11 heteroatoms. The molecule has 2 N–H and O–H groups in total. The molecule has 0 saturated heterocycles. The minimum atomic E-state index is -1.58. The second-order valence-corrected chi connectivity index (χ2v) is 11.1. The molecule has 1 saturated carbocycles. The number of para-hydroxylation sites is 1. The number of aromatic nitrogens is 4. The average molecular weight is 529 g/mol. The van der Waals surface area contributed by atoms with Crippen molar-refractivity contribution in [3.8, 4) is 5.75 Å². The lowest BCUT2D eigenvalue weighted by atomic mass is 9.96. The SMILES string of the molecule is CNc1ncnc2c1ncn2[C@@H]1C(C)C(COP(N[C@@H](C)C(=O)OC(C)C)Oc2ccccc2)C[C@@H]1C. The first kappa shape index (κ1) is 27.2. The van der Waals surface area contributed by atoms with Crippen LogP contribution >= 0.6 is 8.53 Å². The zero-order valence-corrected chi connectivity index (χ0v) is 23.2. The summed E-state index contributed by atoms with van der Waals surface area (Å²) < 4.78 is 20.0. The molecule has 10 nitrogen and oxygen atoms in total. The van der Waals surface area contributed by atoms with Crippen LogP contribution in [-0.4, -0.2) is 51.3 Å². The van der Waals surface area contributed by atoms with E-state index in [0.29, 0.717) is 30.1 Å². The second-order valence-electron chi connectivity index (χ2n) is 9.91. The third kappa shape index (κ3) is 6.37. The number of anilines is 1. The summed E-state index contributed by atoms with van der Waals surface area (Å²) in [5, 5.41) is 6.30. The van der Waals surface area contributed by atoms with Crippen molar-refractivity contribution in [3.63, 3.8) is 0 Å². The van der Waals surface area contributed by atoms with Gasteiger partial charge in [-0.05, 0) is 57.1 Å². The van der Waals surface area contributed by atoms with Gasteiger partial charge in [0, 0.05) is 13.1 Å². The molecule has 3 unspecified atom stereocenters. The number of fused-ring (bicyclic) bond motifs is 1. The second kappa shape index (κ2) is 12.2. The van der Waals surface area contributed by atoms with Gasteiger partial charge in [0.25, 0.3) is 0 Å². The van der Waals surface area contributed by atoms with Gasteiger partial charge in [-0.3, -0.25) is 4.79 Å². The standard InChI is InChI=1S/C26H37N6O4P/c1-16(2)35-26(33)19(5)31-37(36-21-10-8-7-9-11-21)34-13-20-12-17(3)23(18(20)4)32-15-30-22-24(27-6)28-14-29-25(22)32/h7-11,14-20,23,31H,12-13H2,1-6H3,(H,27,28,29)/t17-,18?,19-,20?,23-,37?/m0/s1. The van der Waals surface area contributed by atoms with Gasteiger partial charge in [0.05, 0.1) is 19.0 Å². The molecule has 1 aromatic carbocycles. The highest BCUT2D eigenvalue weighted by Crippen LogP contribution is 2.47. The predicted octanol–water partition coefficient (Wildman–Crippen LogP) is 4.95. The molecule has 2 aromatic heterocycles. The Kier molecular flexibility index (Phi) is 8.95. The Bertz CT molecular complexity index is 1180. The largest absolute Gasteiger partial charge is 0.462 e. The quantitative estimate of drug-likeness (QED) is 0.264. The molecule has 4 rings (SSSR count). The van der Waals surface area contributed by atoms with E-state index in [1.165, 1.54) is 0 Å². The summed E-state index contributed by atoms with van der Waals surface area (Å²) in [6.07, 6.45) is 4.25. The van der Waals surface area contributed by atoms with Crippen molar-refractivity contribution in [2.75, 3.05) is 19.0 Å². The summed E-state index contributed by atoms with van der Waals surface area (Å²) in [4.78, 5) is 25.8. The molecular weight excluding hydrogens is 491 g/mol. The molecule has 0 bridgehead atoms. The number of carbonyl (C=O) groups is 1. The zero-order valence-electron chi connectivity index (χ0n) is 22.3. The molecule has 1 aliphatic carbocycles. The summed E-state index contributed by atoms with van der Waals surface area (Å²) in [6.45, 7) is 10.4. The van der Waals surface area contributed by atoms with Gasteiger partial charge in [0.15, 0.2) is 11.5 Å². The lowest BCUT2D eigenvalue weighted by molar-refractivity contribution is -0.149. The van der Waals surface area contributed by atoms with E-state index >= 15 is 0 Å². The third-order valence-corrected chi connectivity index (χ3v) is 8.16. The van der Waals surface area contributed by atoms with E-state index in [4.69, 9.17) is 13.8 Å². The Labute approximate surface area is 219 Å². The molecule has 37 heavy (non-hydrogen) atoms. The molecule has 200 valence electrons. The highest BCUT2D eigenvalue weighted by atomic mass is 31.2. The van der Waals surface area contributed by atoms with Crippen LogP contribution in [0.2, 0.25) is 0 Å². The Morgan fingerprint density at radius 1 is 1.16 bits per heavy atom. The van der Waals surface area contributed by atoms with Gasteiger partial charge in [-0.1, -0.05) is 32.0 Å². The Hall–Kier alpha value is -2.81. The first-order chi connectivity index (χ1) is 17.8. The van der Waals surface area contributed by atoms with Crippen LogP contribution < -0.4 is 14.9 Å². The van der Waals surface area contributed by atoms with Crippen molar-refractivity contribution in [2.24, 2.45) is 17.8 Å². The highest BCUT2D eigenvalue weighted by molar-refractivity contribution is 7.45. The number of ether oxygens (including phenoxy) is 1. The van der Waals surface area contributed by atoms with Gasteiger partial charge >= 0.3 is 14.5 Å². The van der Waals surface area contributed by atoms with Crippen molar-refractivity contribution in [1.82, 2.24) is 24.6 Å². The summed E-state index contributed by atoms with van der Waals surface area (Å²) in [6, 6.07) is 9.15. The van der Waals surface area contributed by atoms with Crippen LogP contribution in [-0.2, 0) is 14.1 Å². The van der Waals surface area contributed by atoms with E-state index in [1.807, 2.05) is 57.6 Å². The van der Waals surface area contributed by atoms with Crippen molar-refractivity contribution in [1.29, 1.82) is 0 Å². The fourth-order valence-corrected chi connectivity index (χ4v) is 6.25. The van der Waals surface area contributed by atoms with Gasteiger partial charge in [0.1, 0.15) is 23.6 Å². The van der Waals surface area contributed by atoms with Crippen LogP contribution in [0.1, 0.15) is 47.1 Å². The van der Waals surface area contributed by atoms with Gasteiger partial charge in [-0.25, -0.2) is 20.0 Å². The maximum Gasteiger partial charge on any atom is 0.323 e. The molecule has 3 aromatic rings. The molecule has 6 atom stereocenters.